The van der Waals surface area contributed by atoms with E-state index in [0.29, 0.717) is 0 Å². The molecule has 1 aromatic heterocycles. The van der Waals surface area contributed by atoms with Gasteiger partial charge in [-0.15, -0.1) is 11.3 Å². The molecule has 2 heterocycles. The normalized spacial score (nSPS) is 15.7. The Balaban J connectivity index is 1.58. The Kier molecular flexibility index (Phi) is 5.01. The highest BCUT2D eigenvalue weighted by Gasteiger charge is 2.14. The Hall–Kier alpha value is -1.23. The first-order chi connectivity index (χ1) is 10.3. The minimum atomic E-state index is 0.895. The second-order valence-electron chi connectivity index (χ2n) is 5.56. The molecule has 0 saturated carbocycles. The van der Waals surface area contributed by atoms with Crippen molar-refractivity contribution < 1.29 is 0 Å². The monoisotopic (exact) mass is 301 g/mol. The number of nitrogens with zero attached hydrogens (tertiary/aromatic N) is 2. The Labute approximate surface area is 131 Å². The van der Waals surface area contributed by atoms with Crippen LogP contribution >= 0.6 is 11.3 Å². The fraction of sp³-hybridized carbons (Fsp3) is 0.471. The summed E-state index contributed by atoms with van der Waals surface area (Å²) in [4.78, 5) is 7.27. The first-order valence-electron chi connectivity index (χ1n) is 7.78. The van der Waals surface area contributed by atoms with Crippen LogP contribution in [-0.2, 0) is 25.9 Å². The second-order valence-corrected chi connectivity index (χ2v) is 6.50. The van der Waals surface area contributed by atoms with Gasteiger partial charge in [0, 0.05) is 31.6 Å². The van der Waals surface area contributed by atoms with Crippen LogP contribution in [0, 0.1) is 0 Å². The van der Waals surface area contributed by atoms with Crippen LogP contribution in [-0.4, -0.2) is 29.5 Å². The summed E-state index contributed by atoms with van der Waals surface area (Å²) in [6.07, 6.45) is 2.31. The summed E-state index contributed by atoms with van der Waals surface area (Å²) in [7, 11) is 0. The molecule has 0 fully saturated rings. The van der Waals surface area contributed by atoms with Gasteiger partial charge in [0.2, 0.25) is 0 Å². The fourth-order valence-corrected chi connectivity index (χ4v) is 3.59. The van der Waals surface area contributed by atoms with Gasteiger partial charge in [-0.05, 0) is 30.5 Å². The zero-order valence-corrected chi connectivity index (χ0v) is 13.5. The minimum Gasteiger partial charge on any atom is -0.311 e. The number of aromatic nitrogens is 1. The average molecular weight is 301 g/mol. The Morgan fingerprint density at radius 2 is 1.90 bits per heavy atom. The quantitative estimate of drug-likeness (QED) is 0.920. The van der Waals surface area contributed by atoms with Crippen molar-refractivity contribution >= 4 is 11.3 Å². The molecule has 0 atom stereocenters. The van der Waals surface area contributed by atoms with Gasteiger partial charge < -0.3 is 5.32 Å². The number of hydrogen-bond acceptors (Lipinski definition) is 4. The molecule has 1 aliphatic rings. The molecule has 112 valence electrons. The topological polar surface area (TPSA) is 28.2 Å². The smallest absolute Gasteiger partial charge is 0.107 e. The van der Waals surface area contributed by atoms with Crippen LogP contribution in [0.2, 0.25) is 0 Å². The zero-order chi connectivity index (χ0) is 14.5. The van der Waals surface area contributed by atoms with Crippen molar-refractivity contribution in [1.29, 1.82) is 0 Å². The van der Waals surface area contributed by atoms with Crippen LogP contribution in [0.15, 0.2) is 29.6 Å². The van der Waals surface area contributed by atoms with E-state index in [4.69, 9.17) is 4.98 Å². The van der Waals surface area contributed by atoms with Crippen molar-refractivity contribution in [2.45, 2.75) is 32.9 Å². The maximum Gasteiger partial charge on any atom is 0.107 e. The van der Waals surface area contributed by atoms with Crippen LogP contribution in [0.5, 0.6) is 0 Å². The van der Waals surface area contributed by atoms with E-state index in [0.717, 1.165) is 45.6 Å². The van der Waals surface area contributed by atoms with E-state index < -0.39 is 0 Å². The van der Waals surface area contributed by atoms with Gasteiger partial charge in [-0.1, -0.05) is 31.2 Å². The number of benzene rings is 1. The third-order valence-corrected chi connectivity index (χ3v) is 4.92. The highest BCUT2D eigenvalue weighted by molar-refractivity contribution is 7.09. The molecule has 4 heteroatoms. The van der Waals surface area contributed by atoms with Gasteiger partial charge in [0.25, 0.3) is 0 Å². The van der Waals surface area contributed by atoms with Gasteiger partial charge in [-0.25, -0.2) is 4.98 Å². The number of nitrogens with one attached hydrogen (secondary N) is 1. The standard InChI is InChI=1S/C17H23N3S/c1-2-18-11-17-19-16(13-21-17)12-20-9-7-14-5-3-4-6-15(14)8-10-20/h3-6,13,18H,2,7-12H2,1H3. The first kappa shape index (κ1) is 14.7. The summed E-state index contributed by atoms with van der Waals surface area (Å²) >= 11 is 1.77. The van der Waals surface area contributed by atoms with Gasteiger partial charge in [-0.3, -0.25) is 4.90 Å². The molecular formula is C17H23N3S. The van der Waals surface area contributed by atoms with Gasteiger partial charge in [0.15, 0.2) is 0 Å². The molecule has 0 unspecified atom stereocenters. The Morgan fingerprint density at radius 1 is 1.19 bits per heavy atom. The largest absolute Gasteiger partial charge is 0.311 e. The number of fused-ring (bicyclic) bond motifs is 1. The molecule has 0 saturated heterocycles. The Morgan fingerprint density at radius 3 is 2.57 bits per heavy atom. The van der Waals surface area contributed by atoms with Gasteiger partial charge in [0.05, 0.1) is 5.69 Å². The highest BCUT2D eigenvalue weighted by atomic mass is 32.1. The van der Waals surface area contributed by atoms with E-state index in [2.05, 4.69) is 46.8 Å². The maximum atomic E-state index is 4.74. The lowest BCUT2D eigenvalue weighted by atomic mass is 10.0. The predicted molar refractivity (Wildman–Crippen MR) is 88.6 cm³/mol. The predicted octanol–water partition coefficient (Wildman–Crippen LogP) is 2.85. The van der Waals surface area contributed by atoms with Crippen LogP contribution < -0.4 is 5.32 Å². The fourth-order valence-electron chi connectivity index (χ4n) is 2.84. The maximum absolute atomic E-state index is 4.74. The lowest BCUT2D eigenvalue weighted by Crippen LogP contribution is -2.26. The van der Waals surface area contributed by atoms with Crippen molar-refractivity contribution in [3.05, 3.63) is 51.5 Å². The minimum absolute atomic E-state index is 0.895. The molecule has 0 radical (unpaired) electrons. The second kappa shape index (κ2) is 7.16. The average Bonchev–Trinajstić information content (AvgIpc) is 2.86. The number of thiazole rings is 1. The van der Waals surface area contributed by atoms with Crippen molar-refractivity contribution in [2.24, 2.45) is 0 Å². The van der Waals surface area contributed by atoms with E-state index >= 15 is 0 Å². The van der Waals surface area contributed by atoms with E-state index in [9.17, 15) is 0 Å². The van der Waals surface area contributed by atoms with Crippen molar-refractivity contribution in [3.63, 3.8) is 0 Å². The summed E-state index contributed by atoms with van der Waals surface area (Å²) in [5.41, 5.74) is 4.26. The van der Waals surface area contributed by atoms with Gasteiger partial charge in [-0.2, -0.15) is 0 Å². The van der Waals surface area contributed by atoms with Crippen LogP contribution in [0.3, 0.4) is 0 Å². The molecule has 2 aromatic rings. The summed E-state index contributed by atoms with van der Waals surface area (Å²) in [5.74, 6) is 0. The van der Waals surface area contributed by atoms with Crippen LogP contribution in [0.4, 0.5) is 0 Å². The zero-order valence-electron chi connectivity index (χ0n) is 12.6. The summed E-state index contributed by atoms with van der Waals surface area (Å²) in [6.45, 7) is 7.28. The SMILES string of the molecule is CCNCc1nc(CN2CCc3ccccc3CC2)cs1. The number of rotatable bonds is 5. The lowest BCUT2D eigenvalue weighted by molar-refractivity contribution is 0.276. The Bertz CT molecular complexity index is 552. The van der Waals surface area contributed by atoms with E-state index in [-0.39, 0.29) is 0 Å². The molecule has 0 amide bonds. The van der Waals surface area contributed by atoms with Crippen molar-refractivity contribution in [1.82, 2.24) is 15.2 Å². The number of hydrogen-bond donors (Lipinski definition) is 1. The molecule has 1 aliphatic heterocycles. The van der Waals surface area contributed by atoms with Crippen LogP contribution in [0.1, 0.15) is 28.8 Å². The van der Waals surface area contributed by atoms with Crippen molar-refractivity contribution in [2.75, 3.05) is 19.6 Å². The first-order valence-corrected chi connectivity index (χ1v) is 8.66. The van der Waals surface area contributed by atoms with Crippen LogP contribution in [0.25, 0.3) is 0 Å². The van der Waals surface area contributed by atoms with Gasteiger partial charge in [0.1, 0.15) is 5.01 Å². The lowest BCUT2D eigenvalue weighted by Gasteiger charge is -2.18. The highest BCUT2D eigenvalue weighted by Crippen LogP contribution is 2.18. The molecule has 21 heavy (non-hydrogen) atoms. The molecule has 3 rings (SSSR count). The molecule has 0 spiro atoms. The summed E-state index contributed by atoms with van der Waals surface area (Å²) in [6, 6.07) is 8.86. The molecular weight excluding hydrogens is 278 g/mol. The van der Waals surface area contributed by atoms with Crippen molar-refractivity contribution in [3.8, 4) is 0 Å². The summed E-state index contributed by atoms with van der Waals surface area (Å²) in [5, 5.41) is 6.75. The van der Waals surface area contributed by atoms with Gasteiger partial charge >= 0.3 is 0 Å². The third-order valence-electron chi connectivity index (χ3n) is 4.02. The molecule has 3 nitrogen and oxygen atoms in total. The summed E-state index contributed by atoms with van der Waals surface area (Å²) < 4.78 is 0. The van der Waals surface area contributed by atoms with E-state index in [1.54, 1.807) is 11.3 Å². The molecule has 1 aromatic carbocycles. The van der Waals surface area contributed by atoms with E-state index in [1.165, 1.54) is 21.8 Å². The third kappa shape index (κ3) is 3.90. The van der Waals surface area contributed by atoms with E-state index in [1.807, 2.05) is 0 Å². The molecule has 0 aliphatic carbocycles. The molecule has 1 N–H and O–H groups in total. The molecule has 0 bridgehead atoms.